The van der Waals surface area contributed by atoms with Gasteiger partial charge >= 0.3 is 18.9 Å². The Balaban J connectivity index is 1.54. The van der Waals surface area contributed by atoms with Crippen LogP contribution in [0, 0.1) is 5.92 Å². The minimum Gasteiger partial charge on any atom is -0.533 e. The molecule has 0 radical (unpaired) electrons. The zero-order valence-corrected chi connectivity index (χ0v) is 17.7. The molecule has 1 saturated carbocycles. The summed E-state index contributed by atoms with van der Waals surface area (Å²) in [6, 6.07) is 9.96. The summed E-state index contributed by atoms with van der Waals surface area (Å²) >= 11 is 0. The largest absolute Gasteiger partial charge is 0.533 e. The molecule has 158 valence electrons. The first-order valence-corrected chi connectivity index (χ1v) is 10.7. The summed E-state index contributed by atoms with van der Waals surface area (Å²) in [5, 5.41) is 0. The monoisotopic (exact) mass is 401 g/mol. The second-order valence-electron chi connectivity index (χ2n) is 8.25. The maximum absolute atomic E-state index is 12.6. The van der Waals surface area contributed by atoms with Crippen LogP contribution in [0.4, 0.5) is 0 Å². The average molecular weight is 401 g/mol. The minimum atomic E-state index is -0.335. The standard InChI is InChI=1S/C22H32BNO5/c1-16(17-10-6-4-7-11-17)24(14-19(25)27-3)15-20(26)29-23(2)22-21(28-22)18-12-8-5-9-13-18/h5,8-9,12-13,16-17,21-22H,4,6-7,10-11,14-15H2,1-3H3/t16-,21?,22?/m0/s1. The molecule has 0 aromatic heterocycles. The number of esters is 1. The van der Waals surface area contributed by atoms with E-state index in [2.05, 4.69) is 6.92 Å². The molecule has 1 saturated heterocycles. The number of benzene rings is 1. The highest BCUT2D eigenvalue weighted by atomic mass is 16.6. The summed E-state index contributed by atoms with van der Waals surface area (Å²) < 4.78 is 16.2. The van der Waals surface area contributed by atoms with Gasteiger partial charge < -0.3 is 14.1 Å². The zero-order valence-electron chi connectivity index (χ0n) is 17.7. The number of methoxy groups -OCH3 is 1. The number of hydrogen-bond donors (Lipinski definition) is 0. The fourth-order valence-corrected chi connectivity index (χ4v) is 4.36. The van der Waals surface area contributed by atoms with Crippen LogP contribution in [0.5, 0.6) is 0 Å². The van der Waals surface area contributed by atoms with E-state index in [0.717, 1.165) is 18.4 Å². The van der Waals surface area contributed by atoms with Crippen molar-refractivity contribution in [2.45, 2.75) is 64.0 Å². The minimum absolute atomic E-state index is 0.0219. The van der Waals surface area contributed by atoms with Crippen molar-refractivity contribution < 1.29 is 23.7 Å². The van der Waals surface area contributed by atoms with Crippen molar-refractivity contribution in [1.29, 1.82) is 0 Å². The number of carbonyl (C=O) groups excluding carboxylic acids is 2. The molecule has 3 atom stereocenters. The van der Waals surface area contributed by atoms with E-state index < -0.39 is 0 Å². The highest BCUT2D eigenvalue weighted by Gasteiger charge is 2.49. The molecule has 2 unspecified atom stereocenters. The van der Waals surface area contributed by atoms with Crippen molar-refractivity contribution in [3.63, 3.8) is 0 Å². The number of hydrogen-bond acceptors (Lipinski definition) is 6. The fourth-order valence-electron chi connectivity index (χ4n) is 4.36. The highest BCUT2D eigenvalue weighted by Crippen LogP contribution is 2.40. The molecule has 7 heteroatoms. The van der Waals surface area contributed by atoms with Crippen LogP contribution in [0.3, 0.4) is 0 Å². The topological polar surface area (TPSA) is 68.4 Å². The van der Waals surface area contributed by atoms with Crippen LogP contribution in [-0.4, -0.2) is 56.0 Å². The molecule has 0 spiro atoms. The summed E-state index contributed by atoms with van der Waals surface area (Å²) in [4.78, 5) is 26.4. The van der Waals surface area contributed by atoms with Gasteiger partial charge in [0.2, 0.25) is 0 Å². The molecule has 0 amide bonds. The van der Waals surface area contributed by atoms with Gasteiger partial charge in [-0.1, -0.05) is 49.6 Å². The second-order valence-corrected chi connectivity index (χ2v) is 8.25. The summed E-state index contributed by atoms with van der Waals surface area (Å²) in [5.41, 5.74) is 1.10. The van der Waals surface area contributed by atoms with E-state index in [-0.39, 0.29) is 50.1 Å². The van der Waals surface area contributed by atoms with Gasteiger partial charge in [0.1, 0.15) is 12.1 Å². The third-order valence-electron chi connectivity index (χ3n) is 6.23. The van der Waals surface area contributed by atoms with Gasteiger partial charge in [-0.25, -0.2) is 0 Å². The van der Waals surface area contributed by atoms with Crippen LogP contribution in [0.2, 0.25) is 6.82 Å². The number of nitrogens with zero attached hydrogens (tertiary/aromatic N) is 1. The smallest absolute Gasteiger partial charge is 0.390 e. The molecule has 3 rings (SSSR count). The quantitative estimate of drug-likeness (QED) is 0.359. The van der Waals surface area contributed by atoms with Crippen LogP contribution in [0.1, 0.15) is 50.7 Å². The number of carbonyl (C=O) groups is 2. The predicted molar refractivity (Wildman–Crippen MR) is 111 cm³/mol. The van der Waals surface area contributed by atoms with Crippen LogP contribution >= 0.6 is 0 Å². The Morgan fingerprint density at radius 2 is 1.79 bits per heavy atom. The lowest BCUT2D eigenvalue weighted by Gasteiger charge is -2.35. The average Bonchev–Trinajstić information content (AvgIpc) is 3.55. The lowest BCUT2D eigenvalue weighted by atomic mass is 9.65. The first-order valence-electron chi connectivity index (χ1n) is 10.7. The Morgan fingerprint density at radius 1 is 1.14 bits per heavy atom. The van der Waals surface area contributed by atoms with Crippen molar-refractivity contribution in [3.8, 4) is 0 Å². The molecule has 2 aliphatic rings. The van der Waals surface area contributed by atoms with Crippen molar-refractivity contribution in [2.24, 2.45) is 5.92 Å². The van der Waals surface area contributed by atoms with E-state index in [4.69, 9.17) is 14.1 Å². The van der Waals surface area contributed by atoms with Crippen LogP contribution in [0.15, 0.2) is 30.3 Å². The number of ether oxygens (including phenoxy) is 2. The molecule has 1 aliphatic carbocycles. The Kier molecular flexibility index (Phi) is 7.73. The Labute approximate surface area is 174 Å². The zero-order chi connectivity index (χ0) is 20.8. The molecule has 2 fully saturated rings. The van der Waals surface area contributed by atoms with Crippen molar-refractivity contribution in [1.82, 2.24) is 4.90 Å². The normalized spacial score (nSPS) is 22.8. The molecule has 1 aromatic carbocycles. The van der Waals surface area contributed by atoms with Gasteiger partial charge in [0, 0.05) is 6.04 Å². The van der Waals surface area contributed by atoms with Crippen molar-refractivity contribution in [2.75, 3.05) is 20.2 Å². The Morgan fingerprint density at radius 3 is 2.45 bits per heavy atom. The first-order chi connectivity index (χ1) is 14.0. The first kappa shape index (κ1) is 21.8. The molecule has 1 aromatic rings. The molecule has 29 heavy (non-hydrogen) atoms. The maximum atomic E-state index is 12.6. The molecule has 0 bridgehead atoms. The van der Waals surface area contributed by atoms with Crippen molar-refractivity contribution >= 4 is 18.9 Å². The summed E-state index contributed by atoms with van der Waals surface area (Å²) in [5.74, 6) is -0.164. The van der Waals surface area contributed by atoms with Gasteiger partial charge in [-0.05, 0) is 38.1 Å². The van der Waals surface area contributed by atoms with E-state index in [9.17, 15) is 9.59 Å². The van der Waals surface area contributed by atoms with Crippen LogP contribution < -0.4 is 0 Å². The summed E-state index contributed by atoms with van der Waals surface area (Å²) in [7, 11) is 1.38. The van der Waals surface area contributed by atoms with E-state index in [1.807, 2.05) is 42.1 Å². The van der Waals surface area contributed by atoms with Gasteiger partial charge in [0.15, 0.2) is 0 Å². The lowest BCUT2D eigenvalue weighted by Crippen LogP contribution is -2.46. The molecule has 1 heterocycles. The van der Waals surface area contributed by atoms with E-state index >= 15 is 0 Å². The lowest BCUT2D eigenvalue weighted by molar-refractivity contribution is -0.145. The Bertz CT molecular complexity index is 679. The summed E-state index contributed by atoms with van der Waals surface area (Å²) in [6.07, 6.45) is 5.94. The van der Waals surface area contributed by atoms with Crippen LogP contribution in [0.25, 0.3) is 0 Å². The van der Waals surface area contributed by atoms with E-state index in [1.54, 1.807) is 0 Å². The van der Waals surface area contributed by atoms with Gasteiger partial charge in [0.05, 0.1) is 20.2 Å². The molecular formula is C22H32BNO5. The van der Waals surface area contributed by atoms with Gasteiger partial charge in [-0.2, -0.15) is 0 Å². The molecular weight excluding hydrogens is 369 g/mol. The van der Waals surface area contributed by atoms with Gasteiger partial charge in [-0.15, -0.1) is 0 Å². The Hall–Kier alpha value is -1.86. The predicted octanol–water partition coefficient (Wildman–Crippen LogP) is 3.27. The van der Waals surface area contributed by atoms with Crippen LogP contribution in [-0.2, 0) is 23.7 Å². The van der Waals surface area contributed by atoms with Gasteiger partial charge in [-0.3, -0.25) is 14.5 Å². The van der Waals surface area contributed by atoms with Gasteiger partial charge in [0.25, 0.3) is 0 Å². The third-order valence-corrected chi connectivity index (χ3v) is 6.23. The SMILES string of the molecule is COC(=O)CN(CC(=O)OB(C)C1OC1c1ccccc1)[C@@H](C)C1CCCCC1. The fraction of sp³-hybridized carbons (Fsp3) is 0.636. The maximum Gasteiger partial charge on any atom is 0.390 e. The highest BCUT2D eigenvalue weighted by molar-refractivity contribution is 6.54. The van der Waals surface area contributed by atoms with Crippen molar-refractivity contribution in [3.05, 3.63) is 35.9 Å². The second kappa shape index (κ2) is 10.3. The number of rotatable bonds is 9. The summed E-state index contributed by atoms with van der Waals surface area (Å²) in [6.45, 7) is 3.81. The third kappa shape index (κ3) is 6.06. The number of epoxide rings is 1. The van der Waals surface area contributed by atoms with E-state index in [1.165, 1.54) is 26.4 Å². The van der Waals surface area contributed by atoms with E-state index in [0.29, 0.717) is 5.92 Å². The molecule has 1 aliphatic heterocycles. The molecule has 6 nitrogen and oxygen atoms in total. The molecule has 0 N–H and O–H groups in total.